The van der Waals surface area contributed by atoms with E-state index in [1.54, 1.807) is 0 Å². The highest BCUT2D eigenvalue weighted by molar-refractivity contribution is 9.10. The van der Waals surface area contributed by atoms with Crippen molar-refractivity contribution in [3.63, 3.8) is 0 Å². The second kappa shape index (κ2) is 5.05. The second-order valence-corrected chi connectivity index (χ2v) is 6.63. The van der Waals surface area contributed by atoms with Gasteiger partial charge in [0.25, 0.3) is 0 Å². The molecule has 0 atom stereocenters. The summed E-state index contributed by atoms with van der Waals surface area (Å²) in [4.78, 5) is 15.7. The van der Waals surface area contributed by atoms with Crippen LogP contribution in [-0.4, -0.2) is 16.1 Å². The van der Waals surface area contributed by atoms with Gasteiger partial charge in [-0.3, -0.25) is 0 Å². The van der Waals surface area contributed by atoms with Gasteiger partial charge in [-0.1, -0.05) is 42.8 Å². The number of nitrogens with zero attached hydrogens (tertiary/aromatic N) is 1. The summed E-state index contributed by atoms with van der Waals surface area (Å²) in [6.07, 6.45) is 0. The zero-order valence-corrected chi connectivity index (χ0v) is 13.4. The van der Waals surface area contributed by atoms with Crippen molar-refractivity contribution >= 4 is 21.9 Å². The Labute approximate surface area is 126 Å². The number of benzene rings is 1. The highest BCUT2D eigenvalue weighted by atomic mass is 79.9. The van der Waals surface area contributed by atoms with E-state index in [-0.39, 0.29) is 5.76 Å². The van der Waals surface area contributed by atoms with Crippen LogP contribution in [0.4, 0.5) is 0 Å². The minimum absolute atomic E-state index is 0.0909. The van der Waals surface area contributed by atoms with E-state index in [0.29, 0.717) is 11.6 Å². The summed E-state index contributed by atoms with van der Waals surface area (Å²) < 4.78 is 6.39. The molecule has 0 amide bonds. The van der Waals surface area contributed by atoms with Gasteiger partial charge in [-0.05, 0) is 24.6 Å². The molecule has 2 aromatic rings. The number of hydrogen-bond donors (Lipinski definition) is 1. The highest BCUT2D eigenvalue weighted by Gasteiger charge is 2.29. The third-order valence-corrected chi connectivity index (χ3v) is 3.46. The van der Waals surface area contributed by atoms with E-state index in [1.807, 2.05) is 45.9 Å². The van der Waals surface area contributed by atoms with Crippen LogP contribution in [-0.2, 0) is 5.41 Å². The number of aromatic carboxylic acids is 1. The van der Waals surface area contributed by atoms with Crippen molar-refractivity contribution < 1.29 is 14.3 Å². The molecule has 0 saturated carbocycles. The predicted octanol–water partition coefficient (Wildman–Crippen LogP) is 4.41. The molecule has 0 aliphatic carbocycles. The molecule has 20 heavy (non-hydrogen) atoms. The molecule has 0 saturated heterocycles. The van der Waals surface area contributed by atoms with E-state index in [4.69, 9.17) is 4.42 Å². The summed E-state index contributed by atoms with van der Waals surface area (Å²) in [7, 11) is 0. The van der Waals surface area contributed by atoms with Crippen LogP contribution in [0.15, 0.2) is 27.1 Å². The fourth-order valence-electron chi connectivity index (χ4n) is 1.91. The number of carboxylic acid groups (broad SMARTS) is 1. The van der Waals surface area contributed by atoms with Gasteiger partial charge in [0.05, 0.1) is 0 Å². The third kappa shape index (κ3) is 2.77. The molecule has 1 aromatic carbocycles. The number of aromatic nitrogens is 1. The van der Waals surface area contributed by atoms with Crippen LogP contribution >= 0.6 is 15.9 Å². The fourth-order valence-corrected chi connectivity index (χ4v) is 2.27. The molecular weight excluding hydrogens is 322 g/mol. The van der Waals surface area contributed by atoms with Crippen LogP contribution in [0, 0.1) is 6.92 Å². The van der Waals surface area contributed by atoms with E-state index in [9.17, 15) is 9.90 Å². The van der Waals surface area contributed by atoms with Crippen molar-refractivity contribution in [1.29, 1.82) is 0 Å². The average molecular weight is 338 g/mol. The van der Waals surface area contributed by atoms with Crippen LogP contribution in [0.5, 0.6) is 0 Å². The van der Waals surface area contributed by atoms with Crippen molar-refractivity contribution in [3.8, 4) is 11.5 Å². The number of hydrogen-bond acceptors (Lipinski definition) is 3. The molecule has 1 aromatic heterocycles. The van der Waals surface area contributed by atoms with E-state index in [2.05, 4.69) is 20.9 Å². The fraction of sp³-hybridized carbons (Fsp3) is 0.333. The first kappa shape index (κ1) is 14.8. The number of rotatable bonds is 2. The summed E-state index contributed by atoms with van der Waals surface area (Å²) in [6, 6.07) is 5.73. The van der Waals surface area contributed by atoms with Crippen LogP contribution in [0.2, 0.25) is 0 Å². The largest absolute Gasteiger partial charge is 0.475 e. The molecule has 1 N–H and O–H groups in total. The van der Waals surface area contributed by atoms with E-state index >= 15 is 0 Å². The number of carbonyl (C=O) groups is 1. The number of oxazole rings is 1. The van der Waals surface area contributed by atoms with Crippen molar-refractivity contribution in [2.45, 2.75) is 33.1 Å². The lowest BCUT2D eigenvalue weighted by Gasteiger charge is -2.14. The van der Waals surface area contributed by atoms with Crippen LogP contribution in [0.3, 0.4) is 0 Å². The second-order valence-electron chi connectivity index (χ2n) is 5.71. The Morgan fingerprint density at radius 1 is 1.35 bits per heavy atom. The van der Waals surface area contributed by atoms with Gasteiger partial charge in [0.1, 0.15) is 5.69 Å². The monoisotopic (exact) mass is 337 g/mol. The van der Waals surface area contributed by atoms with Gasteiger partial charge in [-0.15, -0.1) is 0 Å². The van der Waals surface area contributed by atoms with Crippen molar-refractivity contribution in [3.05, 3.63) is 39.7 Å². The lowest BCUT2D eigenvalue weighted by Crippen LogP contribution is -2.16. The maximum Gasteiger partial charge on any atom is 0.373 e. The Bertz CT molecular complexity index is 668. The van der Waals surface area contributed by atoms with E-state index < -0.39 is 11.4 Å². The molecule has 106 valence electrons. The molecule has 0 unspecified atom stereocenters. The van der Waals surface area contributed by atoms with Crippen LogP contribution in [0.1, 0.15) is 42.6 Å². The Morgan fingerprint density at radius 3 is 2.50 bits per heavy atom. The molecule has 1 heterocycles. The Kier molecular flexibility index (Phi) is 3.73. The smallest absolute Gasteiger partial charge is 0.373 e. The van der Waals surface area contributed by atoms with Gasteiger partial charge in [0, 0.05) is 15.5 Å². The Balaban J connectivity index is 2.65. The van der Waals surface area contributed by atoms with Gasteiger partial charge in [-0.2, -0.15) is 0 Å². The van der Waals surface area contributed by atoms with Gasteiger partial charge in [0.15, 0.2) is 0 Å². The normalized spacial score (nSPS) is 11.7. The molecular formula is C15H16BrNO3. The SMILES string of the molecule is Cc1ccc(Br)cc1-c1nc(C(C)(C)C)c(C(=O)O)o1. The standard InChI is InChI=1S/C15H16BrNO3/c1-8-5-6-9(16)7-10(8)13-17-12(15(2,3)4)11(20-13)14(18)19/h5-7H,1-4H3,(H,18,19). The zero-order chi connectivity index (χ0) is 15.1. The zero-order valence-electron chi connectivity index (χ0n) is 11.8. The molecule has 0 radical (unpaired) electrons. The molecule has 0 aliphatic heterocycles. The molecule has 5 heteroatoms. The van der Waals surface area contributed by atoms with E-state index in [0.717, 1.165) is 15.6 Å². The summed E-state index contributed by atoms with van der Waals surface area (Å²) >= 11 is 3.40. The molecule has 2 rings (SSSR count). The van der Waals surface area contributed by atoms with Crippen molar-refractivity contribution in [2.24, 2.45) is 0 Å². The van der Waals surface area contributed by atoms with Gasteiger partial charge >= 0.3 is 5.97 Å². The number of halogens is 1. The van der Waals surface area contributed by atoms with Crippen LogP contribution < -0.4 is 0 Å². The van der Waals surface area contributed by atoms with Crippen molar-refractivity contribution in [1.82, 2.24) is 4.98 Å². The predicted molar refractivity (Wildman–Crippen MR) is 80.0 cm³/mol. The third-order valence-electron chi connectivity index (χ3n) is 2.96. The number of aryl methyl sites for hydroxylation is 1. The van der Waals surface area contributed by atoms with Crippen molar-refractivity contribution in [2.75, 3.05) is 0 Å². The first-order valence-corrected chi connectivity index (χ1v) is 7.00. The molecule has 0 spiro atoms. The lowest BCUT2D eigenvalue weighted by atomic mass is 9.91. The Morgan fingerprint density at radius 2 is 2.00 bits per heavy atom. The lowest BCUT2D eigenvalue weighted by molar-refractivity contribution is 0.0659. The summed E-state index contributed by atoms with van der Waals surface area (Å²) in [5.74, 6) is -0.848. The summed E-state index contributed by atoms with van der Waals surface area (Å²) in [5.41, 5.74) is 1.83. The Hall–Kier alpha value is -1.62. The molecule has 4 nitrogen and oxygen atoms in total. The molecule has 0 bridgehead atoms. The summed E-state index contributed by atoms with van der Waals surface area (Å²) in [5, 5.41) is 9.27. The molecule has 0 fully saturated rings. The van der Waals surface area contributed by atoms with Gasteiger partial charge in [-0.25, -0.2) is 9.78 Å². The minimum Gasteiger partial charge on any atom is -0.475 e. The first-order chi connectivity index (χ1) is 9.20. The average Bonchev–Trinajstić information content (AvgIpc) is 2.77. The van der Waals surface area contributed by atoms with Gasteiger partial charge < -0.3 is 9.52 Å². The van der Waals surface area contributed by atoms with Crippen LogP contribution in [0.25, 0.3) is 11.5 Å². The first-order valence-electron chi connectivity index (χ1n) is 6.21. The minimum atomic E-state index is -1.10. The van der Waals surface area contributed by atoms with E-state index in [1.165, 1.54) is 0 Å². The van der Waals surface area contributed by atoms with Gasteiger partial charge in [0.2, 0.25) is 11.7 Å². The maximum atomic E-state index is 11.3. The highest BCUT2D eigenvalue weighted by Crippen LogP contribution is 2.32. The topological polar surface area (TPSA) is 63.3 Å². The maximum absolute atomic E-state index is 11.3. The summed E-state index contributed by atoms with van der Waals surface area (Å²) in [6.45, 7) is 7.67. The molecule has 0 aliphatic rings. The quantitative estimate of drug-likeness (QED) is 0.881. The number of carboxylic acids is 1.